The first-order valence-electron chi connectivity index (χ1n) is 3.34. The van der Waals surface area contributed by atoms with Gasteiger partial charge in [0.05, 0.1) is 0 Å². The van der Waals surface area contributed by atoms with E-state index in [2.05, 4.69) is 5.18 Å². The van der Waals surface area contributed by atoms with Gasteiger partial charge in [-0.05, 0) is 19.3 Å². The molecule has 0 spiro atoms. The fourth-order valence-corrected chi connectivity index (χ4v) is 1.20. The van der Waals surface area contributed by atoms with Crippen LogP contribution in [0.25, 0.3) is 0 Å². The van der Waals surface area contributed by atoms with Crippen LogP contribution in [0.2, 0.25) is 0 Å². The van der Waals surface area contributed by atoms with Gasteiger partial charge in [-0.15, -0.1) is 4.91 Å². The Balaban J connectivity index is 2.90. The molecule has 1 aliphatic rings. The van der Waals surface area contributed by atoms with Crippen molar-refractivity contribution in [3.05, 3.63) is 16.1 Å². The molecular formula is C7H7NO3. The first-order valence-corrected chi connectivity index (χ1v) is 3.34. The Labute approximate surface area is 63.3 Å². The zero-order valence-electron chi connectivity index (χ0n) is 5.87. The van der Waals surface area contributed by atoms with Crippen molar-refractivity contribution >= 4 is 12.2 Å². The van der Waals surface area contributed by atoms with Crippen LogP contribution in [-0.4, -0.2) is 12.2 Å². The molecule has 0 aromatic carbocycles. The summed E-state index contributed by atoms with van der Waals surface area (Å²) in [6.07, 6.45) is 2.51. The summed E-state index contributed by atoms with van der Waals surface area (Å²) in [5, 5.41) is 2.26. The van der Waals surface area contributed by atoms with Crippen molar-refractivity contribution < 1.29 is 9.59 Å². The lowest BCUT2D eigenvalue weighted by Gasteiger charge is -1.90. The molecule has 4 nitrogen and oxygen atoms in total. The second-order valence-electron chi connectivity index (χ2n) is 2.37. The Morgan fingerprint density at radius 3 is 2.73 bits per heavy atom. The molecule has 1 amide bonds. The van der Waals surface area contributed by atoms with Crippen molar-refractivity contribution in [2.24, 2.45) is 5.18 Å². The van der Waals surface area contributed by atoms with Gasteiger partial charge in [-0.1, -0.05) is 0 Å². The lowest BCUT2D eigenvalue weighted by molar-refractivity contribution is -0.115. The number of hydrogen-bond acceptors (Lipinski definition) is 3. The minimum absolute atomic E-state index is 0.301. The van der Waals surface area contributed by atoms with Crippen LogP contribution in [0.1, 0.15) is 19.3 Å². The highest BCUT2D eigenvalue weighted by Crippen LogP contribution is 2.25. The van der Waals surface area contributed by atoms with E-state index in [9.17, 15) is 14.5 Å². The second kappa shape index (κ2) is 3.18. The van der Waals surface area contributed by atoms with Crippen molar-refractivity contribution in [1.29, 1.82) is 0 Å². The maximum absolute atomic E-state index is 10.7. The number of hydrogen-bond donors (Lipinski definition) is 0. The van der Waals surface area contributed by atoms with Gasteiger partial charge in [0.15, 0.2) is 0 Å². The van der Waals surface area contributed by atoms with Crippen molar-refractivity contribution in [3.8, 4) is 0 Å². The first kappa shape index (κ1) is 7.78. The Kier molecular flexibility index (Phi) is 2.25. The molecule has 0 radical (unpaired) electrons. The number of nitroso groups, excluding NO2 is 1. The van der Waals surface area contributed by atoms with Crippen LogP contribution in [0.4, 0.5) is 0 Å². The van der Waals surface area contributed by atoms with E-state index < -0.39 is 5.91 Å². The highest BCUT2D eigenvalue weighted by molar-refractivity contribution is 6.00. The second-order valence-corrected chi connectivity index (χ2v) is 2.37. The number of carbonyl (C=O) groups excluding carboxylic acids is 2. The van der Waals surface area contributed by atoms with E-state index in [1.165, 1.54) is 0 Å². The summed E-state index contributed by atoms with van der Waals surface area (Å²) in [7, 11) is 0. The number of nitrogens with zero attached hydrogens (tertiary/aromatic N) is 1. The molecule has 11 heavy (non-hydrogen) atoms. The van der Waals surface area contributed by atoms with Crippen LogP contribution in [-0.2, 0) is 9.59 Å². The van der Waals surface area contributed by atoms with Crippen LogP contribution in [0, 0.1) is 4.91 Å². The van der Waals surface area contributed by atoms with E-state index in [1.807, 2.05) is 0 Å². The van der Waals surface area contributed by atoms with E-state index in [4.69, 9.17) is 0 Å². The largest absolute Gasteiger partial charge is 0.313 e. The number of rotatable bonds is 2. The van der Waals surface area contributed by atoms with Crippen LogP contribution in [0.3, 0.4) is 0 Å². The van der Waals surface area contributed by atoms with E-state index >= 15 is 0 Å². The minimum Gasteiger partial charge on any atom is -0.298 e. The molecule has 0 heterocycles. The summed E-state index contributed by atoms with van der Waals surface area (Å²) in [5.41, 5.74) is 0.740. The quantitative estimate of drug-likeness (QED) is 0.438. The van der Waals surface area contributed by atoms with Gasteiger partial charge in [0.1, 0.15) is 6.29 Å². The fourth-order valence-electron chi connectivity index (χ4n) is 1.20. The molecule has 0 N–H and O–H groups in total. The average molecular weight is 153 g/mol. The van der Waals surface area contributed by atoms with Crippen LogP contribution in [0.5, 0.6) is 0 Å². The lowest BCUT2D eigenvalue weighted by atomic mass is 10.2. The molecule has 0 saturated heterocycles. The third-order valence-corrected chi connectivity index (χ3v) is 1.74. The monoisotopic (exact) mass is 153 g/mol. The minimum atomic E-state index is -0.787. The SMILES string of the molecule is O=CC1=C(C(=O)N=O)CCC1. The standard InChI is InChI=1S/C7H7NO3/c9-4-5-2-1-3-6(5)7(10)8-11/h4H,1-3H2. The van der Waals surface area contributed by atoms with Gasteiger partial charge in [0, 0.05) is 16.3 Å². The van der Waals surface area contributed by atoms with Gasteiger partial charge < -0.3 is 0 Å². The lowest BCUT2D eigenvalue weighted by Crippen LogP contribution is -1.97. The molecule has 1 rings (SSSR count). The number of allylic oxidation sites excluding steroid dienone is 1. The molecule has 0 bridgehead atoms. The number of amides is 1. The topological polar surface area (TPSA) is 63.6 Å². The van der Waals surface area contributed by atoms with Crippen LogP contribution < -0.4 is 0 Å². The molecule has 0 unspecified atom stereocenters. The zero-order valence-corrected chi connectivity index (χ0v) is 5.87. The summed E-state index contributed by atoms with van der Waals surface area (Å²) in [5.74, 6) is -0.787. The van der Waals surface area contributed by atoms with Gasteiger partial charge in [0.2, 0.25) is 0 Å². The Hall–Kier alpha value is -1.32. The molecule has 0 aromatic rings. The maximum atomic E-state index is 10.7. The summed E-state index contributed by atoms with van der Waals surface area (Å²) < 4.78 is 0. The summed E-state index contributed by atoms with van der Waals surface area (Å²) in [6.45, 7) is 0. The zero-order chi connectivity index (χ0) is 8.27. The Morgan fingerprint density at radius 2 is 2.18 bits per heavy atom. The van der Waals surface area contributed by atoms with E-state index in [1.54, 1.807) is 0 Å². The predicted octanol–water partition coefficient (Wildman–Crippen LogP) is 0.959. The van der Waals surface area contributed by atoms with Crippen LogP contribution in [0.15, 0.2) is 16.3 Å². The van der Waals surface area contributed by atoms with Gasteiger partial charge >= 0.3 is 5.91 Å². The highest BCUT2D eigenvalue weighted by Gasteiger charge is 2.20. The highest BCUT2D eigenvalue weighted by atomic mass is 16.3. The molecule has 1 aliphatic carbocycles. The summed E-state index contributed by atoms with van der Waals surface area (Å²) in [4.78, 5) is 30.8. The normalized spacial score (nSPS) is 16.7. The average Bonchev–Trinajstić information content (AvgIpc) is 2.50. The maximum Gasteiger partial charge on any atom is 0.313 e. The molecule has 0 aromatic heterocycles. The van der Waals surface area contributed by atoms with Crippen LogP contribution >= 0.6 is 0 Å². The number of aldehydes is 1. The molecular weight excluding hydrogens is 146 g/mol. The third kappa shape index (κ3) is 1.39. The summed E-state index contributed by atoms with van der Waals surface area (Å²) in [6, 6.07) is 0. The van der Waals surface area contributed by atoms with E-state index in [0.29, 0.717) is 30.3 Å². The molecule has 0 fully saturated rings. The molecule has 58 valence electrons. The fraction of sp³-hybridized carbons (Fsp3) is 0.429. The smallest absolute Gasteiger partial charge is 0.298 e. The van der Waals surface area contributed by atoms with Gasteiger partial charge in [-0.25, -0.2) is 0 Å². The van der Waals surface area contributed by atoms with Crippen molar-refractivity contribution in [2.45, 2.75) is 19.3 Å². The van der Waals surface area contributed by atoms with E-state index in [-0.39, 0.29) is 0 Å². The summed E-state index contributed by atoms with van der Waals surface area (Å²) >= 11 is 0. The Bertz CT molecular complexity index is 242. The predicted molar refractivity (Wildman–Crippen MR) is 37.7 cm³/mol. The van der Waals surface area contributed by atoms with Gasteiger partial charge in [-0.2, -0.15) is 0 Å². The Morgan fingerprint density at radius 1 is 1.45 bits per heavy atom. The molecule has 4 heteroatoms. The van der Waals surface area contributed by atoms with E-state index in [0.717, 1.165) is 6.42 Å². The van der Waals surface area contributed by atoms with Gasteiger partial charge in [0.25, 0.3) is 0 Å². The van der Waals surface area contributed by atoms with Gasteiger partial charge in [-0.3, -0.25) is 9.59 Å². The van der Waals surface area contributed by atoms with Crippen molar-refractivity contribution in [1.82, 2.24) is 0 Å². The number of carbonyl (C=O) groups is 2. The van der Waals surface area contributed by atoms with Crippen molar-refractivity contribution in [3.63, 3.8) is 0 Å². The third-order valence-electron chi connectivity index (χ3n) is 1.74. The first-order chi connectivity index (χ1) is 5.29. The molecule has 0 atom stereocenters. The van der Waals surface area contributed by atoms with Crippen molar-refractivity contribution in [2.75, 3.05) is 0 Å². The molecule has 0 saturated carbocycles. The molecule has 0 aliphatic heterocycles.